The van der Waals surface area contributed by atoms with E-state index in [0.717, 1.165) is 0 Å². The first-order valence-electron chi connectivity index (χ1n) is 5.38. The van der Waals surface area contributed by atoms with Crippen LogP contribution < -0.4 is 0 Å². The molecule has 0 fully saturated rings. The van der Waals surface area contributed by atoms with Gasteiger partial charge in [0, 0.05) is 19.3 Å². The maximum atomic E-state index is 12.1. The number of nitriles is 1. The summed E-state index contributed by atoms with van der Waals surface area (Å²) in [5.74, 6) is 0. The molecule has 1 heterocycles. The maximum Gasteiger partial charge on any atom is 0.244 e. The van der Waals surface area contributed by atoms with Crippen molar-refractivity contribution in [2.45, 2.75) is 25.2 Å². The second kappa shape index (κ2) is 5.75. The molecule has 0 N–H and O–H groups in total. The van der Waals surface area contributed by atoms with Gasteiger partial charge in [-0.3, -0.25) is 4.98 Å². The minimum atomic E-state index is -3.44. The molecule has 1 aromatic heterocycles. The SMILES string of the molecule is CCN(CC)S(=O)(=O)c1ccc(CC#N)nc1. The van der Waals surface area contributed by atoms with Crippen LogP contribution in [-0.2, 0) is 16.4 Å². The van der Waals surface area contributed by atoms with Gasteiger partial charge in [-0.25, -0.2) is 8.42 Å². The Morgan fingerprint density at radius 3 is 2.41 bits per heavy atom. The van der Waals surface area contributed by atoms with Crippen LogP contribution in [0.5, 0.6) is 0 Å². The average Bonchev–Trinajstić information content (AvgIpc) is 2.31. The van der Waals surface area contributed by atoms with Crippen molar-refractivity contribution >= 4 is 10.0 Å². The van der Waals surface area contributed by atoms with E-state index in [4.69, 9.17) is 5.26 Å². The van der Waals surface area contributed by atoms with Gasteiger partial charge >= 0.3 is 0 Å². The van der Waals surface area contributed by atoms with E-state index in [-0.39, 0.29) is 11.3 Å². The Hall–Kier alpha value is -1.45. The van der Waals surface area contributed by atoms with Gasteiger partial charge in [-0.05, 0) is 12.1 Å². The first-order chi connectivity index (χ1) is 8.06. The lowest BCUT2D eigenvalue weighted by atomic mass is 10.3. The summed E-state index contributed by atoms with van der Waals surface area (Å²) in [5.41, 5.74) is 0.575. The summed E-state index contributed by atoms with van der Waals surface area (Å²) >= 11 is 0. The Labute approximate surface area is 102 Å². The minimum Gasteiger partial charge on any atom is -0.259 e. The van der Waals surface area contributed by atoms with Gasteiger partial charge in [-0.15, -0.1) is 0 Å². The van der Waals surface area contributed by atoms with Crippen LogP contribution in [0, 0.1) is 11.3 Å². The number of aromatic nitrogens is 1. The number of hydrogen-bond acceptors (Lipinski definition) is 4. The molecule has 0 radical (unpaired) electrons. The topological polar surface area (TPSA) is 74.1 Å². The van der Waals surface area contributed by atoms with Crippen LogP contribution in [-0.4, -0.2) is 30.8 Å². The standard InChI is InChI=1S/C11H15N3O2S/c1-3-14(4-2)17(15,16)11-6-5-10(7-8-12)13-9-11/h5-6,9H,3-4,7H2,1-2H3. The second-order valence-corrected chi connectivity index (χ2v) is 5.35. The molecule has 0 saturated carbocycles. The van der Waals surface area contributed by atoms with E-state index in [0.29, 0.717) is 18.8 Å². The second-order valence-electron chi connectivity index (χ2n) is 3.41. The summed E-state index contributed by atoms with van der Waals surface area (Å²) in [7, 11) is -3.44. The highest BCUT2D eigenvalue weighted by Gasteiger charge is 2.21. The van der Waals surface area contributed by atoms with Crippen molar-refractivity contribution < 1.29 is 8.42 Å². The number of sulfonamides is 1. The zero-order chi connectivity index (χ0) is 12.9. The Balaban J connectivity index is 3.04. The highest BCUT2D eigenvalue weighted by atomic mass is 32.2. The van der Waals surface area contributed by atoms with Gasteiger partial charge in [0.05, 0.1) is 18.2 Å². The lowest BCUT2D eigenvalue weighted by Crippen LogP contribution is -2.30. The molecule has 6 heteroatoms. The van der Waals surface area contributed by atoms with Crippen LogP contribution in [0.25, 0.3) is 0 Å². The average molecular weight is 253 g/mol. The third kappa shape index (κ3) is 3.02. The molecule has 0 saturated heterocycles. The number of hydrogen-bond donors (Lipinski definition) is 0. The first-order valence-corrected chi connectivity index (χ1v) is 6.82. The van der Waals surface area contributed by atoms with Crippen molar-refractivity contribution in [2.75, 3.05) is 13.1 Å². The van der Waals surface area contributed by atoms with Crippen LogP contribution in [0.15, 0.2) is 23.2 Å². The fraction of sp³-hybridized carbons (Fsp3) is 0.455. The molecule has 0 aromatic carbocycles. The summed E-state index contributed by atoms with van der Waals surface area (Å²) in [5, 5.41) is 8.50. The summed E-state index contributed by atoms with van der Waals surface area (Å²) in [6, 6.07) is 5.03. The number of pyridine rings is 1. The molecule has 1 aromatic rings. The summed E-state index contributed by atoms with van der Waals surface area (Å²) in [4.78, 5) is 4.13. The van der Waals surface area contributed by atoms with Crippen LogP contribution in [0.2, 0.25) is 0 Å². The largest absolute Gasteiger partial charge is 0.259 e. The molecule has 0 aliphatic rings. The molecule has 0 unspecified atom stereocenters. The fourth-order valence-electron chi connectivity index (χ4n) is 1.46. The normalized spacial score (nSPS) is 11.4. The maximum absolute atomic E-state index is 12.1. The molecular formula is C11H15N3O2S. The summed E-state index contributed by atoms with van der Waals surface area (Å²) < 4.78 is 25.5. The van der Waals surface area contributed by atoms with E-state index < -0.39 is 10.0 Å². The minimum absolute atomic E-state index is 0.169. The number of rotatable bonds is 5. The van der Waals surface area contributed by atoms with Gasteiger partial charge in [0.15, 0.2) is 0 Å². The van der Waals surface area contributed by atoms with E-state index in [1.807, 2.05) is 6.07 Å². The first kappa shape index (κ1) is 13.6. The van der Waals surface area contributed by atoms with E-state index >= 15 is 0 Å². The molecular weight excluding hydrogens is 238 g/mol. The summed E-state index contributed by atoms with van der Waals surface area (Å²) in [6.45, 7) is 4.44. The highest BCUT2D eigenvalue weighted by Crippen LogP contribution is 2.14. The molecule has 5 nitrogen and oxygen atoms in total. The molecule has 0 aliphatic heterocycles. The fourth-order valence-corrected chi connectivity index (χ4v) is 2.87. The Kier molecular flexibility index (Phi) is 4.61. The molecule has 92 valence electrons. The van der Waals surface area contributed by atoms with Crippen LogP contribution in [0.1, 0.15) is 19.5 Å². The quantitative estimate of drug-likeness (QED) is 0.789. The predicted octanol–water partition coefficient (Wildman–Crippen LogP) is 1.18. The van der Waals surface area contributed by atoms with E-state index in [2.05, 4.69) is 4.98 Å². The third-order valence-electron chi connectivity index (χ3n) is 2.40. The van der Waals surface area contributed by atoms with Crippen molar-refractivity contribution in [1.29, 1.82) is 5.26 Å². The van der Waals surface area contributed by atoms with Gasteiger partial charge in [-0.2, -0.15) is 9.57 Å². The van der Waals surface area contributed by atoms with E-state index in [9.17, 15) is 8.42 Å². The molecule has 17 heavy (non-hydrogen) atoms. The lowest BCUT2D eigenvalue weighted by Gasteiger charge is -2.18. The van der Waals surface area contributed by atoms with E-state index in [1.54, 1.807) is 19.9 Å². The van der Waals surface area contributed by atoms with Gasteiger partial charge in [0.1, 0.15) is 4.90 Å². The number of nitrogens with zero attached hydrogens (tertiary/aromatic N) is 3. The molecule has 0 amide bonds. The Bertz CT molecular complexity index is 499. The van der Waals surface area contributed by atoms with Crippen molar-refractivity contribution in [3.8, 4) is 6.07 Å². The third-order valence-corrected chi connectivity index (χ3v) is 4.43. The van der Waals surface area contributed by atoms with Gasteiger partial charge in [0.2, 0.25) is 10.0 Å². The lowest BCUT2D eigenvalue weighted by molar-refractivity contribution is 0.445. The molecule has 0 aliphatic carbocycles. The van der Waals surface area contributed by atoms with Gasteiger partial charge in [-0.1, -0.05) is 13.8 Å². The highest BCUT2D eigenvalue weighted by molar-refractivity contribution is 7.89. The molecule has 0 spiro atoms. The van der Waals surface area contributed by atoms with Gasteiger partial charge < -0.3 is 0 Å². The smallest absolute Gasteiger partial charge is 0.244 e. The molecule has 0 atom stereocenters. The predicted molar refractivity (Wildman–Crippen MR) is 63.7 cm³/mol. The zero-order valence-electron chi connectivity index (χ0n) is 9.92. The summed E-state index contributed by atoms with van der Waals surface area (Å²) in [6.07, 6.45) is 1.49. The Morgan fingerprint density at radius 1 is 1.35 bits per heavy atom. The van der Waals surface area contributed by atoms with Crippen LogP contribution in [0.3, 0.4) is 0 Å². The van der Waals surface area contributed by atoms with Crippen molar-refractivity contribution in [2.24, 2.45) is 0 Å². The van der Waals surface area contributed by atoms with Gasteiger partial charge in [0.25, 0.3) is 0 Å². The molecule has 1 rings (SSSR count). The Morgan fingerprint density at radius 2 is 2.00 bits per heavy atom. The monoisotopic (exact) mass is 253 g/mol. The van der Waals surface area contributed by atoms with Crippen molar-refractivity contribution in [3.05, 3.63) is 24.0 Å². The van der Waals surface area contributed by atoms with Crippen molar-refractivity contribution in [1.82, 2.24) is 9.29 Å². The molecule has 0 bridgehead atoms. The van der Waals surface area contributed by atoms with E-state index in [1.165, 1.54) is 16.6 Å². The van der Waals surface area contributed by atoms with Crippen LogP contribution in [0.4, 0.5) is 0 Å². The zero-order valence-corrected chi connectivity index (χ0v) is 10.7. The van der Waals surface area contributed by atoms with Crippen molar-refractivity contribution in [3.63, 3.8) is 0 Å². The van der Waals surface area contributed by atoms with Crippen LogP contribution >= 0.6 is 0 Å².